The lowest BCUT2D eigenvalue weighted by Gasteiger charge is -2.02. The van der Waals surface area contributed by atoms with Crippen molar-refractivity contribution in [3.05, 3.63) is 54.1 Å². The molecule has 3 aromatic rings. The highest BCUT2D eigenvalue weighted by Crippen LogP contribution is 2.25. The number of hydrogen-bond acceptors (Lipinski definition) is 5. The normalized spacial score (nSPS) is 11.1. The first kappa shape index (κ1) is 12.6. The maximum atomic E-state index is 5.26. The minimum absolute atomic E-state index is 0.775. The molecule has 4 nitrogen and oxygen atoms in total. The zero-order chi connectivity index (χ0) is 13.8. The molecule has 0 spiro atoms. The molecule has 1 N–H and O–H groups in total. The first-order valence-corrected chi connectivity index (χ1v) is 6.96. The lowest BCUT2D eigenvalue weighted by atomic mass is 10.2. The number of para-hydroxylation sites is 2. The van der Waals surface area contributed by atoms with E-state index in [4.69, 9.17) is 4.74 Å². The molecule has 20 heavy (non-hydrogen) atoms. The van der Waals surface area contributed by atoms with Crippen LogP contribution in [0.25, 0.3) is 10.2 Å². The second-order valence-electron chi connectivity index (χ2n) is 4.10. The number of hydrazone groups is 1. The van der Waals surface area contributed by atoms with Crippen LogP contribution in [0.4, 0.5) is 5.13 Å². The van der Waals surface area contributed by atoms with Gasteiger partial charge in [-0.2, -0.15) is 5.10 Å². The summed E-state index contributed by atoms with van der Waals surface area (Å²) in [7, 11) is 1.65. The minimum Gasteiger partial charge on any atom is -0.496 e. The number of nitrogens with one attached hydrogen (secondary N) is 1. The highest BCUT2D eigenvalue weighted by Gasteiger charge is 2.01. The average Bonchev–Trinajstić information content (AvgIpc) is 2.90. The fourth-order valence-corrected chi connectivity index (χ4v) is 2.67. The van der Waals surface area contributed by atoms with Gasteiger partial charge in [-0.3, -0.25) is 5.43 Å². The van der Waals surface area contributed by atoms with Crippen LogP contribution in [0.15, 0.2) is 53.6 Å². The van der Waals surface area contributed by atoms with Gasteiger partial charge in [0, 0.05) is 5.56 Å². The number of methoxy groups -OCH3 is 1. The number of benzene rings is 2. The van der Waals surface area contributed by atoms with Crippen molar-refractivity contribution in [1.29, 1.82) is 0 Å². The Morgan fingerprint density at radius 2 is 1.95 bits per heavy atom. The van der Waals surface area contributed by atoms with Crippen molar-refractivity contribution in [2.24, 2.45) is 5.10 Å². The molecule has 3 rings (SSSR count). The predicted octanol–water partition coefficient (Wildman–Crippen LogP) is 3.75. The van der Waals surface area contributed by atoms with Crippen molar-refractivity contribution in [3.63, 3.8) is 0 Å². The van der Waals surface area contributed by atoms with Gasteiger partial charge in [-0.15, -0.1) is 0 Å². The van der Waals surface area contributed by atoms with Crippen LogP contribution in [0.2, 0.25) is 0 Å². The fraction of sp³-hybridized carbons (Fsp3) is 0.0667. The van der Waals surface area contributed by atoms with Crippen molar-refractivity contribution < 1.29 is 4.74 Å². The first-order valence-electron chi connectivity index (χ1n) is 6.14. The van der Waals surface area contributed by atoms with E-state index in [1.807, 2.05) is 48.5 Å². The van der Waals surface area contributed by atoms with E-state index in [0.717, 1.165) is 26.7 Å². The van der Waals surface area contributed by atoms with Gasteiger partial charge in [0.15, 0.2) is 0 Å². The fourth-order valence-electron chi connectivity index (χ4n) is 1.85. The van der Waals surface area contributed by atoms with Crippen molar-refractivity contribution >= 4 is 32.9 Å². The number of anilines is 1. The Morgan fingerprint density at radius 3 is 2.80 bits per heavy atom. The summed E-state index contributed by atoms with van der Waals surface area (Å²) in [6.45, 7) is 0. The second kappa shape index (κ2) is 5.71. The lowest BCUT2D eigenvalue weighted by Crippen LogP contribution is -1.93. The number of fused-ring (bicyclic) bond motifs is 1. The highest BCUT2D eigenvalue weighted by molar-refractivity contribution is 7.22. The Bertz CT molecular complexity index is 718. The van der Waals surface area contributed by atoms with Gasteiger partial charge >= 0.3 is 0 Å². The number of ether oxygens (including phenoxy) is 1. The van der Waals surface area contributed by atoms with Crippen LogP contribution >= 0.6 is 11.3 Å². The molecule has 5 heteroatoms. The molecule has 0 bridgehead atoms. The number of thiazole rings is 1. The zero-order valence-corrected chi connectivity index (χ0v) is 11.7. The van der Waals surface area contributed by atoms with E-state index in [1.165, 1.54) is 0 Å². The molecule has 0 atom stereocenters. The van der Waals surface area contributed by atoms with Gasteiger partial charge in [0.2, 0.25) is 5.13 Å². The molecule has 1 heterocycles. The molecule has 1 aromatic heterocycles. The van der Waals surface area contributed by atoms with E-state index in [1.54, 1.807) is 24.7 Å². The van der Waals surface area contributed by atoms with E-state index in [0.29, 0.717) is 0 Å². The molecule has 0 amide bonds. The van der Waals surface area contributed by atoms with E-state index in [9.17, 15) is 0 Å². The number of aromatic nitrogens is 1. The summed E-state index contributed by atoms with van der Waals surface area (Å²) in [5, 5.41) is 4.98. The van der Waals surface area contributed by atoms with Crippen molar-refractivity contribution in [1.82, 2.24) is 4.98 Å². The molecular weight excluding hydrogens is 270 g/mol. The maximum absolute atomic E-state index is 5.26. The van der Waals surface area contributed by atoms with E-state index >= 15 is 0 Å². The van der Waals surface area contributed by atoms with E-state index in [2.05, 4.69) is 15.5 Å². The smallest absolute Gasteiger partial charge is 0.204 e. The van der Waals surface area contributed by atoms with Crippen LogP contribution in [0.1, 0.15) is 5.56 Å². The van der Waals surface area contributed by atoms with Crippen LogP contribution < -0.4 is 10.2 Å². The van der Waals surface area contributed by atoms with Crippen LogP contribution in [-0.2, 0) is 0 Å². The molecule has 0 radical (unpaired) electrons. The number of rotatable bonds is 4. The maximum Gasteiger partial charge on any atom is 0.204 e. The van der Waals surface area contributed by atoms with Crippen LogP contribution in [-0.4, -0.2) is 18.3 Å². The first-order chi connectivity index (χ1) is 9.86. The van der Waals surface area contributed by atoms with Gasteiger partial charge in [-0.1, -0.05) is 35.6 Å². The summed E-state index contributed by atoms with van der Waals surface area (Å²) in [4.78, 5) is 4.45. The molecule has 100 valence electrons. The number of nitrogens with zero attached hydrogens (tertiary/aromatic N) is 2. The third-order valence-corrected chi connectivity index (χ3v) is 3.74. The Morgan fingerprint density at radius 1 is 1.15 bits per heavy atom. The monoisotopic (exact) mass is 283 g/mol. The van der Waals surface area contributed by atoms with Crippen molar-refractivity contribution in [2.45, 2.75) is 0 Å². The van der Waals surface area contributed by atoms with Gasteiger partial charge in [-0.25, -0.2) is 4.98 Å². The summed E-state index contributed by atoms with van der Waals surface area (Å²) in [5.74, 6) is 0.794. The molecule has 0 unspecified atom stereocenters. The quantitative estimate of drug-likeness (QED) is 0.586. The third-order valence-electron chi connectivity index (χ3n) is 2.80. The highest BCUT2D eigenvalue weighted by atomic mass is 32.1. The van der Waals surface area contributed by atoms with Crippen molar-refractivity contribution in [3.8, 4) is 5.75 Å². The zero-order valence-electron chi connectivity index (χ0n) is 10.9. The molecule has 2 aromatic carbocycles. The second-order valence-corrected chi connectivity index (χ2v) is 5.13. The van der Waals surface area contributed by atoms with Gasteiger partial charge < -0.3 is 4.74 Å². The molecular formula is C15H13N3OS. The molecule has 0 saturated heterocycles. The third kappa shape index (κ3) is 2.62. The molecule has 0 aliphatic heterocycles. The Kier molecular flexibility index (Phi) is 3.60. The van der Waals surface area contributed by atoms with Crippen LogP contribution in [0.3, 0.4) is 0 Å². The molecule has 0 aliphatic carbocycles. The molecule has 0 aliphatic rings. The van der Waals surface area contributed by atoms with Crippen LogP contribution in [0.5, 0.6) is 5.75 Å². The summed E-state index contributed by atoms with van der Waals surface area (Å²) in [6, 6.07) is 15.7. The predicted molar refractivity (Wildman–Crippen MR) is 83.8 cm³/mol. The van der Waals surface area contributed by atoms with Gasteiger partial charge in [0.25, 0.3) is 0 Å². The van der Waals surface area contributed by atoms with Gasteiger partial charge in [0.05, 0.1) is 23.5 Å². The Hall–Kier alpha value is -2.40. The van der Waals surface area contributed by atoms with Gasteiger partial charge in [0.1, 0.15) is 5.75 Å². The van der Waals surface area contributed by atoms with Crippen LogP contribution in [0, 0.1) is 0 Å². The van der Waals surface area contributed by atoms with E-state index < -0.39 is 0 Å². The summed E-state index contributed by atoms with van der Waals surface area (Å²) in [5.41, 5.74) is 4.85. The standard InChI is InChI=1S/C15H13N3OS/c1-19-13-8-4-2-6-11(13)10-16-18-15-17-12-7-3-5-9-14(12)20-15/h2-10H,1H3,(H,17,18)/b16-10-. The summed E-state index contributed by atoms with van der Waals surface area (Å²) < 4.78 is 6.41. The lowest BCUT2D eigenvalue weighted by molar-refractivity contribution is 0.414. The van der Waals surface area contributed by atoms with Gasteiger partial charge in [-0.05, 0) is 24.3 Å². The largest absolute Gasteiger partial charge is 0.496 e. The summed E-state index contributed by atoms with van der Waals surface area (Å²) >= 11 is 1.58. The summed E-state index contributed by atoms with van der Waals surface area (Å²) in [6.07, 6.45) is 1.73. The van der Waals surface area contributed by atoms with E-state index in [-0.39, 0.29) is 0 Å². The molecule has 0 saturated carbocycles. The van der Waals surface area contributed by atoms with Crippen molar-refractivity contribution in [2.75, 3.05) is 12.5 Å². The topological polar surface area (TPSA) is 46.5 Å². The molecule has 0 fully saturated rings. The Labute approximate surface area is 120 Å². The number of hydrogen-bond donors (Lipinski definition) is 1. The Balaban J connectivity index is 1.77. The SMILES string of the molecule is COc1ccccc1/C=N\Nc1nc2ccccc2s1. The average molecular weight is 283 g/mol. The minimum atomic E-state index is 0.775.